The van der Waals surface area contributed by atoms with Gasteiger partial charge in [-0.15, -0.1) is 0 Å². The number of hydrogen-bond donors (Lipinski definition) is 1. The van der Waals surface area contributed by atoms with Gasteiger partial charge in [0.25, 0.3) is 5.69 Å². The number of alkyl halides is 3. The third kappa shape index (κ3) is 6.82. The van der Waals surface area contributed by atoms with Crippen LogP contribution in [0.25, 0.3) is 0 Å². The van der Waals surface area contributed by atoms with Gasteiger partial charge in [0.05, 0.1) is 28.3 Å². The average molecular weight is 512 g/mol. The lowest BCUT2D eigenvalue weighted by Gasteiger charge is -2.14. The Kier molecular flexibility index (Phi) is 8.13. The SMILES string of the molecule is CCOc1cc(/C=N\Nc2ccc(C(F)(F)F)cc2[N+](=O)[O-])cc(Cl)c1OCc1ccc(F)cc1. The number of anilines is 1. The van der Waals surface area contributed by atoms with E-state index in [1.165, 1.54) is 24.4 Å². The molecule has 0 aliphatic carbocycles. The first kappa shape index (κ1) is 25.8. The Morgan fingerprint density at radius 2 is 1.83 bits per heavy atom. The van der Waals surface area contributed by atoms with Gasteiger partial charge in [-0.2, -0.15) is 18.3 Å². The summed E-state index contributed by atoms with van der Waals surface area (Å²) in [6.07, 6.45) is -3.46. The van der Waals surface area contributed by atoms with Gasteiger partial charge in [-0.1, -0.05) is 23.7 Å². The van der Waals surface area contributed by atoms with E-state index in [9.17, 15) is 27.7 Å². The number of rotatable bonds is 9. The fourth-order valence-corrected chi connectivity index (χ4v) is 3.21. The third-order valence-electron chi connectivity index (χ3n) is 4.55. The first-order valence-corrected chi connectivity index (χ1v) is 10.4. The first-order chi connectivity index (χ1) is 16.6. The van der Waals surface area contributed by atoms with Crippen LogP contribution >= 0.6 is 11.6 Å². The van der Waals surface area contributed by atoms with Crippen molar-refractivity contribution in [3.05, 3.63) is 92.2 Å². The van der Waals surface area contributed by atoms with Gasteiger partial charge < -0.3 is 9.47 Å². The van der Waals surface area contributed by atoms with Crippen LogP contribution in [-0.4, -0.2) is 17.7 Å². The van der Waals surface area contributed by atoms with Crippen LogP contribution < -0.4 is 14.9 Å². The molecular formula is C23H18ClF4N3O4. The summed E-state index contributed by atoms with van der Waals surface area (Å²) in [4.78, 5) is 10.3. The zero-order valence-corrected chi connectivity index (χ0v) is 18.9. The van der Waals surface area contributed by atoms with Crippen LogP contribution in [0.1, 0.15) is 23.6 Å². The molecule has 0 aromatic heterocycles. The second kappa shape index (κ2) is 11.0. The average Bonchev–Trinajstić information content (AvgIpc) is 2.79. The molecule has 35 heavy (non-hydrogen) atoms. The fourth-order valence-electron chi connectivity index (χ4n) is 2.93. The standard InChI is InChI=1S/C23H18ClF4N3O4/c1-2-34-21-10-15(9-18(24)22(21)35-13-14-3-6-17(25)7-4-14)12-29-30-19-8-5-16(23(26,27)28)11-20(19)31(32)33/h3-12,30H,2,13H2,1H3/b29-12-. The summed E-state index contributed by atoms with van der Waals surface area (Å²) < 4.78 is 63.0. The lowest BCUT2D eigenvalue weighted by Crippen LogP contribution is -2.06. The molecule has 0 spiro atoms. The second-order valence-corrected chi connectivity index (χ2v) is 7.44. The van der Waals surface area contributed by atoms with E-state index in [-0.39, 0.29) is 28.9 Å². The lowest BCUT2D eigenvalue weighted by atomic mass is 10.1. The maximum Gasteiger partial charge on any atom is 0.416 e. The van der Waals surface area contributed by atoms with Gasteiger partial charge >= 0.3 is 6.18 Å². The van der Waals surface area contributed by atoms with Crippen molar-refractivity contribution < 1.29 is 32.0 Å². The van der Waals surface area contributed by atoms with Crippen molar-refractivity contribution >= 4 is 29.2 Å². The molecule has 0 aliphatic heterocycles. The van der Waals surface area contributed by atoms with Gasteiger partial charge in [-0.3, -0.25) is 15.5 Å². The molecule has 184 valence electrons. The van der Waals surface area contributed by atoms with Crippen molar-refractivity contribution in [2.75, 3.05) is 12.0 Å². The second-order valence-electron chi connectivity index (χ2n) is 7.03. The fraction of sp³-hybridized carbons (Fsp3) is 0.174. The number of benzene rings is 3. The van der Waals surface area contributed by atoms with Gasteiger partial charge in [-0.25, -0.2) is 4.39 Å². The normalized spacial score (nSPS) is 11.5. The van der Waals surface area contributed by atoms with Crippen LogP contribution in [0.15, 0.2) is 59.7 Å². The molecule has 3 aromatic rings. The van der Waals surface area contributed by atoms with E-state index in [4.69, 9.17) is 21.1 Å². The highest BCUT2D eigenvalue weighted by Crippen LogP contribution is 2.37. The molecule has 3 aromatic carbocycles. The van der Waals surface area contributed by atoms with E-state index < -0.39 is 22.4 Å². The number of nitro groups is 1. The monoisotopic (exact) mass is 511 g/mol. The van der Waals surface area contributed by atoms with Crippen molar-refractivity contribution in [2.45, 2.75) is 19.7 Å². The van der Waals surface area contributed by atoms with Crippen molar-refractivity contribution in [1.29, 1.82) is 0 Å². The summed E-state index contributed by atoms with van der Waals surface area (Å²) in [7, 11) is 0. The summed E-state index contributed by atoms with van der Waals surface area (Å²) in [5.74, 6) is 0.172. The minimum Gasteiger partial charge on any atom is -0.490 e. The Morgan fingerprint density at radius 3 is 2.46 bits per heavy atom. The molecule has 3 rings (SSSR count). The predicted octanol–water partition coefficient (Wildman–Crippen LogP) is 6.83. The van der Waals surface area contributed by atoms with Gasteiger partial charge in [-0.05, 0) is 54.4 Å². The van der Waals surface area contributed by atoms with Crippen molar-refractivity contribution in [1.82, 2.24) is 0 Å². The van der Waals surface area contributed by atoms with Crippen molar-refractivity contribution in [3.63, 3.8) is 0 Å². The Morgan fingerprint density at radius 1 is 1.11 bits per heavy atom. The molecule has 0 aliphatic rings. The Labute approximate surface area is 202 Å². The molecule has 0 atom stereocenters. The highest BCUT2D eigenvalue weighted by atomic mass is 35.5. The van der Waals surface area contributed by atoms with Gasteiger partial charge in [0.2, 0.25) is 0 Å². The summed E-state index contributed by atoms with van der Waals surface area (Å²) in [6.45, 7) is 2.15. The number of hydrogen-bond acceptors (Lipinski definition) is 6. The molecule has 0 heterocycles. The third-order valence-corrected chi connectivity index (χ3v) is 4.83. The van der Waals surface area contributed by atoms with E-state index in [2.05, 4.69) is 10.5 Å². The number of halogens is 5. The molecule has 0 unspecified atom stereocenters. The molecule has 7 nitrogen and oxygen atoms in total. The Bertz CT molecular complexity index is 1230. The number of hydrazone groups is 1. The van der Waals surface area contributed by atoms with Crippen LogP contribution in [0.2, 0.25) is 5.02 Å². The number of nitrogens with zero attached hydrogens (tertiary/aromatic N) is 2. The molecule has 0 fully saturated rings. The van der Waals surface area contributed by atoms with Crippen molar-refractivity contribution in [2.24, 2.45) is 5.10 Å². The van der Waals surface area contributed by atoms with E-state index in [0.717, 1.165) is 6.07 Å². The van der Waals surface area contributed by atoms with Crippen LogP contribution in [0.4, 0.5) is 28.9 Å². The number of ether oxygens (including phenoxy) is 2. The Hall–Kier alpha value is -3.86. The Balaban J connectivity index is 1.79. The van der Waals surface area contributed by atoms with Gasteiger partial charge in [0, 0.05) is 6.07 Å². The molecule has 0 amide bonds. The van der Waals surface area contributed by atoms with E-state index in [1.54, 1.807) is 25.1 Å². The van der Waals surface area contributed by atoms with E-state index >= 15 is 0 Å². The molecule has 0 bridgehead atoms. The van der Waals surface area contributed by atoms with Crippen molar-refractivity contribution in [3.8, 4) is 11.5 Å². The highest BCUT2D eigenvalue weighted by molar-refractivity contribution is 6.32. The highest BCUT2D eigenvalue weighted by Gasteiger charge is 2.33. The molecule has 0 saturated heterocycles. The van der Waals surface area contributed by atoms with Crippen LogP contribution in [-0.2, 0) is 12.8 Å². The van der Waals surface area contributed by atoms with E-state index in [0.29, 0.717) is 35.6 Å². The van der Waals surface area contributed by atoms with Crippen LogP contribution in [0, 0.1) is 15.9 Å². The number of nitrogens with one attached hydrogen (secondary N) is 1. The summed E-state index contributed by atoms with van der Waals surface area (Å²) >= 11 is 6.34. The van der Waals surface area contributed by atoms with Crippen LogP contribution in [0.5, 0.6) is 11.5 Å². The zero-order chi connectivity index (χ0) is 25.6. The van der Waals surface area contributed by atoms with Gasteiger partial charge in [0.15, 0.2) is 11.5 Å². The topological polar surface area (TPSA) is 86.0 Å². The maximum absolute atomic E-state index is 13.1. The zero-order valence-electron chi connectivity index (χ0n) is 18.1. The van der Waals surface area contributed by atoms with Gasteiger partial charge in [0.1, 0.15) is 18.1 Å². The predicted molar refractivity (Wildman–Crippen MR) is 123 cm³/mol. The maximum atomic E-state index is 13.1. The summed E-state index contributed by atoms with van der Waals surface area (Å²) in [6, 6.07) is 10.8. The summed E-state index contributed by atoms with van der Waals surface area (Å²) in [5.41, 5.74) is 1.35. The molecule has 1 N–H and O–H groups in total. The van der Waals surface area contributed by atoms with Crippen LogP contribution in [0.3, 0.4) is 0 Å². The smallest absolute Gasteiger partial charge is 0.416 e. The molecule has 0 saturated carbocycles. The van der Waals surface area contributed by atoms with E-state index in [1.807, 2.05) is 0 Å². The first-order valence-electron chi connectivity index (χ1n) is 10.1. The molecule has 0 radical (unpaired) electrons. The largest absolute Gasteiger partial charge is 0.490 e. The molecular weight excluding hydrogens is 494 g/mol. The minimum absolute atomic E-state index is 0.104. The quantitative estimate of drug-likeness (QED) is 0.147. The molecule has 12 heteroatoms. The minimum atomic E-state index is -4.72. The number of nitro benzene ring substituents is 1. The summed E-state index contributed by atoms with van der Waals surface area (Å²) in [5, 5.41) is 15.2. The lowest BCUT2D eigenvalue weighted by molar-refractivity contribution is -0.384.